The summed E-state index contributed by atoms with van der Waals surface area (Å²) in [6.07, 6.45) is 2.60. The van der Waals surface area contributed by atoms with E-state index in [0.29, 0.717) is 24.9 Å². The molecule has 162 valence electrons. The van der Waals surface area contributed by atoms with Crippen molar-refractivity contribution in [3.05, 3.63) is 71.3 Å². The maximum absolute atomic E-state index is 12.4. The first-order valence-corrected chi connectivity index (χ1v) is 10.3. The molecule has 2 rings (SSSR count). The number of carbonyl (C=O) groups is 3. The Morgan fingerprint density at radius 2 is 1.61 bits per heavy atom. The minimum atomic E-state index is -1.15. The van der Waals surface area contributed by atoms with Crippen molar-refractivity contribution in [1.82, 2.24) is 10.6 Å². The number of rotatable bonds is 12. The summed E-state index contributed by atoms with van der Waals surface area (Å²) in [6, 6.07) is 17.8. The summed E-state index contributed by atoms with van der Waals surface area (Å²) in [7, 11) is 0. The predicted octanol–water partition coefficient (Wildman–Crippen LogP) is 2.59. The Hall–Kier alpha value is -3.66. The number of carbonyl (C=O) groups excluding carboxylic acids is 2. The van der Waals surface area contributed by atoms with Crippen LogP contribution in [-0.4, -0.2) is 35.5 Å². The maximum Gasteiger partial charge on any atom is 0.305 e. The lowest BCUT2D eigenvalue weighted by atomic mass is 10.1. The number of hydrogen-bond donors (Lipinski definition) is 3. The lowest BCUT2D eigenvalue weighted by molar-refractivity contribution is -0.140. The van der Waals surface area contributed by atoms with Crippen LogP contribution in [0.15, 0.2) is 54.6 Å². The highest BCUT2D eigenvalue weighted by Crippen LogP contribution is 2.07. The molecule has 0 aromatic heterocycles. The second-order valence-corrected chi connectivity index (χ2v) is 7.26. The fourth-order valence-electron chi connectivity index (χ4n) is 3.09. The fourth-order valence-corrected chi connectivity index (χ4v) is 3.09. The number of carboxylic acids is 1. The summed E-state index contributed by atoms with van der Waals surface area (Å²) in [6.45, 7) is 0.394. The third-order valence-corrected chi connectivity index (χ3v) is 4.79. The van der Waals surface area contributed by atoms with Crippen molar-refractivity contribution in [2.45, 2.75) is 44.6 Å². The molecule has 0 bridgehead atoms. The van der Waals surface area contributed by atoms with Crippen LogP contribution in [0.2, 0.25) is 0 Å². The van der Waals surface area contributed by atoms with E-state index in [-0.39, 0.29) is 12.3 Å². The minimum absolute atomic E-state index is 0.179. The largest absolute Gasteiger partial charge is 0.481 e. The zero-order chi connectivity index (χ0) is 22.5. The van der Waals surface area contributed by atoms with Crippen molar-refractivity contribution in [3.63, 3.8) is 0 Å². The van der Waals surface area contributed by atoms with E-state index in [1.165, 1.54) is 0 Å². The summed E-state index contributed by atoms with van der Waals surface area (Å²) >= 11 is 0. The Kier molecular flexibility index (Phi) is 9.76. The molecule has 0 saturated heterocycles. The molecule has 0 aliphatic carbocycles. The highest BCUT2D eigenvalue weighted by atomic mass is 16.4. The smallest absolute Gasteiger partial charge is 0.305 e. The summed E-state index contributed by atoms with van der Waals surface area (Å²) in [5, 5.41) is 23.1. The summed E-state index contributed by atoms with van der Waals surface area (Å²) in [5.74, 6) is -2.00. The van der Waals surface area contributed by atoms with Crippen LogP contribution in [0.3, 0.4) is 0 Å². The topological polar surface area (TPSA) is 119 Å². The normalized spacial score (nSPS) is 11.2. The number of aliphatic carboxylic acids is 1. The number of nitrogens with zero attached hydrogens (tertiary/aromatic N) is 1. The molecule has 0 aliphatic heterocycles. The Morgan fingerprint density at radius 3 is 2.26 bits per heavy atom. The molecule has 0 heterocycles. The van der Waals surface area contributed by atoms with Gasteiger partial charge in [-0.2, -0.15) is 5.26 Å². The number of benzene rings is 2. The number of carboxylic acid groups (broad SMARTS) is 1. The van der Waals surface area contributed by atoms with Gasteiger partial charge in [0.05, 0.1) is 18.1 Å². The van der Waals surface area contributed by atoms with E-state index < -0.39 is 24.3 Å². The molecule has 2 amide bonds. The SMILES string of the molecule is N#Cc1ccc(CCCCNC(=O)C(CC(=O)O)NC(=O)CCc2ccccc2)cc1. The van der Waals surface area contributed by atoms with Gasteiger partial charge in [0.1, 0.15) is 6.04 Å². The van der Waals surface area contributed by atoms with Gasteiger partial charge in [-0.1, -0.05) is 42.5 Å². The van der Waals surface area contributed by atoms with Crippen LogP contribution in [0.1, 0.15) is 42.4 Å². The van der Waals surface area contributed by atoms with Crippen LogP contribution in [0.5, 0.6) is 0 Å². The van der Waals surface area contributed by atoms with Gasteiger partial charge >= 0.3 is 5.97 Å². The molecule has 7 nitrogen and oxygen atoms in total. The van der Waals surface area contributed by atoms with Gasteiger partial charge in [0.2, 0.25) is 11.8 Å². The van der Waals surface area contributed by atoms with E-state index in [4.69, 9.17) is 10.4 Å². The van der Waals surface area contributed by atoms with E-state index in [2.05, 4.69) is 16.7 Å². The Morgan fingerprint density at radius 1 is 0.935 bits per heavy atom. The predicted molar refractivity (Wildman–Crippen MR) is 116 cm³/mol. The van der Waals surface area contributed by atoms with Crippen molar-refractivity contribution in [3.8, 4) is 6.07 Å². The van der Waals surface area contributed by atoms with Gasteiger partial charge in [0.25, 0.3) is 0 Å². The molecule has 2 aromatic rings. The maximum atomic E-state index is 12.4. The molecule has 7 heteroatoms. The van der Waals surface area contributed by atoms with E-state index in [1.807, 2.05) is 42.5 Å². The van der Waals surface area contributed by atoms with Crippen molar-refractivity contribution in [1.29, 1.82) is 5.26 Å². The second kappa shape index (κ2) is 12.8. The molecule has 0 spiro atoms. The van der Waals surface area contributed by atoms with Gasteiger partial charge in [0, 0.05) is 13.0 Å². The number of nitrogens with one attached hydrogen (secondary N) is 2. The van der Waals surface area contributed by atoms with Crippen molar-refractivity contribution in [2.75, 3.05) is 6.54 Å². The van der Waals surface area contributed by atoms with Gasteiger partial charge in [0.15, 0.2) is 0 Å². The molecule has 0 radical (unpaired) electrons. The van der Waals surface area contributed by atoms with Crippen molar-refractivity contribution in [2.24, 2.45) is 0 Å². The van der Waals surface area contributed by atoms with Gasteiger partial charge in [-0.15, -0.1) is 0 Å². The quantitative estimate of drug-likeness (QED) is 0.455. The lowest BCUT2D eigenvalue weighted by Crippen LogP contribution is -2.48. The van der Waals surface area contributed by atoms with Crippen LogP contribution in [0.4, 0.5) is 0 Å². The van der Waals surface area contributed by atoms with Gasteiger partial charge in [-0.05, 0) is 48.9 Å². The van der Waals surface area contributed by atoms with Crippen molar-refractivity contribution >= 4 is 17.8 Å². The van der Waals surface area contributed by atoms with E-state index in [9.17, 15) is 14.4 Å². The zero-order valence-electron chi connectivity index (χ0n) is 17.3. The molecular weight excluding hydrogens is 394 g/mol. The van der Waals surface area contributed by atoms with Crippen LogP contribution in [-0.2, 0) is 27.2 Å². The first kappa shape index (κ1) is 23.6. The molecule has 0 aliphatic rings. The summed E-state index contributed by atoms with van der Waals surface area (Å²) in [5.41, 5.74) is 2.73. The Balaban J connectivity index is 1.73. The van der Waals surface area contributed by atoms with Crippen LogP contribution < -0.4 is 10.6 Å². The average molecular weight is 421 g/mol. The van der Waals surface area contributed by atoms with Gasteiger partial charge < -0.3 is 15.7 Å². The summed E-state index contributed by atoms with van der Waals surface area (Å²) in [4.78, 5) is 35.7. The number of hydrogen-bond acceptors (Lipinski definition) is 4. The van der Waals surface area contributed by atoms with E-state index in [0.717, 1.165) is 24.0 Å². The van der Waals surface area contributed by atoms with Gasteiger partial charge in [-0.25, -0.2) is 0 Å². The Labute approximate surface area is 182 Å². The molecule has 1 atom stereocenters. The number of nitriles is 1. The fraction of sp³-hybridized carbons (Fsp3) is 0.333. The lowest BCUT2D eigenvalue weighted by Gasteiger charge is -2.17. The molecule has 2 aromatic carbocycles. The molecule has 0 saturated carbocycles. The second-order valence-electron chi connectivity index (χ2n) is 7.26. The standard InChI is InChI=1S/C24H27N3O4/c25-17-20-11-9-19(10-12-20)8-4-5-15-26-24(31)21(16-23(29)30)27-22(28)14-13-18-6-2-1-3-7-18/h1-3,6-7,9-12,21H,4-5,8,13-16H2,(H,26,31)(H,27,28)(H,29,30). The molecular formula is C24H27N3O4. The third-order valence-electron chi connectivity index (χ3n) is 4.79. The van der Waals surface area contributed by atoms with Crippen LogP contribution in [0, 0.1) is 11.3 Å². The first-order valence-electron chi connectivity index (χ1n) is 10.3. The summed E-state index contributed by atoms with van der Waals surface area (Å²) < 4.78 is 0. The first-order chi connectivity index (χ1) is 15.0. The van der Waals surface area contributed by atoms with E-state index >= 15 is 0 Å². The third kappa shape index (κ3) is 9.13. The molecule has 0 fully saturated rings. The Bertz CT molecular complexity index is 905. The number of amides is 2. The minimum Gasteiger partial charge on any atom is -0.481 e. The van der Waals surface area contributed by atoms with E-state index in [1.54, 1.807) is 12.1 Å². The molecule has 3 N–H and O–H groups in total. The van der Waals surface area contributed by atoms with Gasteiger partial charge in [-0.3, -0.25) is 14.4 Å². The number of unbranched alkanes of at least 4 members (excludes halogenated alkanes) is 1. The van der Waals surface area contributed by atoms with Crippen molar-refractivity contribution < 1.29 is 19.5 Å². The number of aryl methyl sites for hydroxylation is 2. The highest BCUT2D eigenvalue weighted by molar-refractivity contribution is 5.90. The zero-order valence-corrected chi connectivity index (χ0v) is 17.3. The monoisotopic (exact) mass is 421 g/mol. The molecule has 1 unspecified atom stereocenters. The van der Waals surface area contributed by atoms with Crippen LogP contribution >= 0.6 is 0 Å². The van der Waals surface area contributed by atoms with Crippen LogP contribution in [0.25, 0.3) is 0 Å². The highest BCUT2D eigenvalue weighted by Gasteiger charge is 2.23. The molecule has 31 heavy (non-hydrogen) atoms. The average Bonchev–Trinajstić information content (AvgIpc) is 2.77.